The Kier molecular flexibility index (Phi) is 5.68. The van der Waals surface area contributed by atoms with Crippen LogP contribution in [0, 0.1) is 11.3 Å². The number of nitriles is 1. The van der Waals surface area contributed by atoms with Crippen molar-refractivity contribution >= 4 is 33.0 Å². The monoisotopic (exact) mass is 390 g/mol. The molecule has 142 valence electrons. The number of fused-ring (bicyclic) bond motifs is 1. The molecule has 0 bridgehead atoms. The lowest BCUT2D eigenvalue weighted by Crippen LogP contribution is -2.48. The van der Waals surface area contributed by atoms with Crippen LogP contribution in [0.25, 0.3) is 10.8 Å². The maximum absolute atomic E-state index is 12.3. The topological polar surface area (TPSA) is 59.4 Å². The maximum Gasteiger partial charge on any atom is 0.239 e. The Morgan fingerprint density at radius 1 is 1.04 bits per heavy atom. The van der Waals surface area contributed by atoms with Crippen molar-refractivity contribution in [3.05, 3.63) is 65.0 Å². The Hall–Kier alpha value is -2.72. The highest BCUT2D eigenvalue weighted by Gasteiger charge is 2.20. The highest BCUT2D eigenvalue weighted by atomic mass is 32.1. The first-order valence-electron chi connectivity index (χ1n) is 9.42. The first kappa shape index (κ1) is 18.6. The zero-order valence-electron chi connectivity index (χ0n) is 15.6. The van der Waals surface area contributed by atoms with E-state index in [0.29, 0.717) is 17.1 Å². The summed E-state index contributed by atoms with van der Waals surface area (Å²) in [6.45, 7) is 4.92. The molecule has 1 N–H and O–H groups in total. The van der Waals surface area contributed by atoms with E-state index in [-0.39, 0.29) is 5.91 Å². The molecule has 0 aliphatic carbocycles. The number of thiophene rings is 1. The quantitative estimate of drug-likeness (QED) is 0.724. The zero-order chi connectivity index (χ0) is 19.3. The van der Waals surface area contributed by atoms with Crippen molar-refractivity contribution in [1.29, 1.82) is 5.26 Å². The molecule has 1 aliphatic rings. The van der Waals surface area contributed by atoms with Gasteiger partial charge in [-0.3, -0.25) is 14.6 Å². The summed E-state index contributed by atoms with van der Waals surface area (Å²) >= 11 is 1.39. The number of carbonyl (C=O) groups excluding carboxylic acids is 1. The van der Waals surface area contributed by atoms with Crippen molar-refractivity contribution in [2.45, 2.75) is 6.54 Å². The fourth-order valence-electron chi connectivity index (χ4n) is 3.64. The number of nitrogens with one attached hydrogen (secondary N) is 1. The predicted octanol–water partition coefficient (Wildman–Crippen LogP) is 3.53. The summed E-state index contributed by atoms with van der Waals surface area (Å²) < 4.78 is 0. The highest BCUT2D eigenvalue weighted by molar-refractivity contribution is 7.14. The van der Waals surface area contributed by atoms with Crippen LogP contribution < -0.4 is 5.32 Å². The van der Waals surface area contributed by atoms with E-state index in [0.717, 1.165) is 32.7 Å². The number of rotatable bonds is 5. The second kappa shape index (κ2) is 8.53. The second-order valence-corrected chi connectivity index (χ2v) is 7.93. The lowest BCUT2D eigenvalue weighted by Gasteiger charge is -2.34. The second-order valence-electron chi connectivity index (χ2n) is 7.01. The van der Waals surface area contributed by atoms with Gasteiger partial charge in [-0.2, -0.15) is 5.26 Å². The van der Waals surface area contributed by atoms with Gasteiger partial charge >= 0.3 is 0 Å². The predicted molar refractivity (Wildman–Crippen MR) is 113 cm³/mol. The first-order chi connectivity index (χ1) is 13.7. The molecular formula is C22H22N4OS. The van der Waals surface area contributed by atoms with Gasteiger partial charge in [0.1, 0.15) is 11.1 Å². The number of benzene rings is 2. The van der Waals surface area contributed by atoms with Gasteiger partial charge in [-0.05, 0) is 27.8 Å². The maximum atomic E-state index is 12.3. The number of amides is 1. The van der Waals surface area contributed by atoms with E-state index < -0.39 is 0 Å². The molecule has 1 amide bonds. The van der Waals surface area contributed by atoms with Gasteiger partial charge in [0.2, 0.25) is 5.91 Å². The fraction of sp³-hybridized carbons (Fsp3) is 0.273. The molecule has 2 aromatic carbocycles. The van der Waals surface area contributed by atoms with Gasteiger partial charge < -0.3 is 5.32 Å². The lowest BCUT2D eigenvalue weighted by atomic mass is 10.0. The molecule has 1 fully saturated rings. The van der Waals surface area contributed by atoms with Crippen molar-refractivity contribution in [3.63, 3.8) is 0 Å². The fourth-order valence-corrected chi connectivity index (χ4v) is 4.39. The van der Waals surface area contributed by atoms with Gasteiger partial charge in [0, 0.05) is 32.7 Å². The van der Waals surface area contributed by atoms with Crippen LogP contribution in [0.3, 0.4) is 0 Å². The number of piperazine rings is 1. The van der Waals surface area contributed by atoms with Crippen LogP contribution in [0.1, 0.15) is 11.1 Å². The summed E-state index contributed by atoms with van der Waals surface area (Å²) in [7, 11) is 0. The molecule has 1 aromatic heterocycles. The Labute approximate surface area is 168 Å². The number of hydrogen-bond acceptors (Lipinski definition) is 5. The summed E-state index contributed by atoms with van der Waals surface area (Å²) in [6.07, 6.45) is 0. The number of hydrogen-bond donors (Lipinski definition) is 1. The average molecular weight is 391 g/mol. The molecule has 0 unspecified atom stereocenters. The van der Waals surface area contributed by atoms with E-state index in [9.17, 15) is 4.79 Å². The standard InChI is InChI=1S/C22H22N4OS/c23-14-18-8-13-28-22(18)24-21(27)16-26-11-9-25(10-12-26)15-19-6-3-5-17-4-1-2-7-20(17)19/h1-8,13H,9-12,15-16H2,(H,24,27). The van der Waals surface area contributed by atoms with E-state index >= 15 is 0 Å². The molecule has 0 saturated carbocycles. The van der Waals surface area contributed by atoms with E-state index in [1.165, 1.54) is 27.7 Å². The zero-order valence-corrected chi connectivity index (χ0v) is 16.4. The minimum absolute atomic E-state index is 0.0542. The van der Waals surface area contributed by atoms with Gasteiger partial charge in [-0.25, -0.2) is 0 Å². The van der Waals surface area contributed by atoms with Crippen molar-refractivity contribution in [1.82, 2.24) is 9.80 Å². The van der Waals surface area contributed by atoms with Crippen molar-refractivity contribution < 1.29 is 4.79 Å². The molecular weight excluding hydrogens is 368 g/mol. The third-order valence-electron chi connectivity index (χ3n) is 5.14. The van der Waals surface area contributed by atoms with Crippen molar-refractivity contribution in [3.8, 4) is 6.07 Å². The van der Waals surface area contributed by atoms with Gasteiger partial charge in [-0.15, -0.1) is 11.3 Å². The van der Waals surface area contributed by atoms with Crippen LogP contribution in [0.2, 0.25) is 0 Å². The normalized spacial score (nSPS) is 15.4. The SMILES string of the molecule is N#Cc1ccsc1NC(=O)CN1CCN(Cc2cccc3ccccc23)CC1. The van der Waals surface area contributed by atoms with Crippen molar-refractivity contribution in [2.24, 2.45) is 0 Å². The summed E-state index contributed by atoms with van der Waals surface area (Å²) in [5, 5.41) is 17.0. The minimum Gasteiger partial charge on any atom is -0.315 e. The molecule has 0 radical (unpaired) electrons. The smallest absolute Gasteiger partial charge is 0.239 e. The molecule has 1 saturated heterocycles. The van der Waals surface area contributed by atoms with Crippen LogP contribution in [0.4, 0.5) is 5.00 Å². The summed E-state index contributed by atoms with van der Waals surface area (Å²) in [5.41, 5.74) is 1.88. The Bertz CT molecular complexity index is 1010. The first-order valence-corrected chi connectivity index (χ1v) is 10.3. The molecule has 0 atom stereocenters. The number of carbonyl (C=O) groups is 1. The van der Waals surface area contributed by atoms with Crippen LogP contribution in [0.15, 0.2) is 53.9 Å². The summed E-state index contributed by atoms with van der Waals surface area (Å²) in [4.78, 5) is 16.9. The van der Waals surface area contributed by atoms with Gasteiger partial charge in [0.05, 0.1) is 12.1 Å². The molecule has 1 aliphatic heterocycles. The van der Waals surface area contributed by atoms with Gasteiger partial charge in [-0.1, -0.05) is 42.5 Å². The minimum atomic E-state index is -0.0542. The van der Waals surface area contributed by atoms with E-state index in [2.05, 4.69) is 63.7 Å². The number of nitrogens with zero attached hydrogens (tertiary/aromatic N) is 3. The van der Waals surface area contributed by atoms with Gasteiger partial charge in [0.15, 0.2) is 0 Å². The Morgan fingerprint density at radius 3 is 2.61 bits per heavy atom. The summed E-state index contributed by atoms with van der Waals surface area (Å²) in [6, 6.07) is 18.8. The van der Waals surface area contributed by atoms with Crippen LogP contribution in [-0.4, -0.2) is 48.4 Å². The van der Waals surface area contributed by atoms with E-state index in [1.807, 2.05) is 5.38 Å². The molecule has 2 heterocycles. The van der Waals surface area contributed by atoms with Gasteiger partial charge in [0.25, 0.3) is 0 Å². The average Bonchev–Trinajstić information content (AvgIpc) is 3.16. The molecule has 4 rings (SSSR count). The van der Waals surface area contributed by atoms with Crippen LogP contribution >= 0.6 is 11.3 Å². The Morgan fingerprint density at radius 2 is 1.79 bits per heavy atom. The molecule has 3 aromatic rings. The molecule has 6 heteroatoms. The molecule has 28 heavy (non-hydrogen) atoms. The van der Waals surface area contributed by atoms with Crippen LogP contribution in [-0.2, 0) is 11.3 Å². The largest absolute Gasteiger partial charge is 0.315 e. The lowest BCUT2D eigenvalue weighted by molar-refractivity contribution is -0.117. The van der Waals surface area contributed by atoms with E-state index in [1.54, 1.807) is 6.07 Å². The highest BCUT2D eigenvalue weighted by Crippen LogP contribution is 2.22. The van der Waals surface area contributed by atoms with Crippen LogP contribution in [0.5, 0.6) is 0 Å². The van der Waals surface area contributed by atoms with E-state index in [4.69, 9.17) is 5.26 Å². The molecule has 5 nitrogen and oxygen atoms in total. The number of anilines is 1. The molecule has 0 spiro atoms. The third-order valence-corrected chi connectivity index (χ3v) is 5.97. The Balaban J connectivity index is 1.30. The third kappa shape index (κ3) is 4.23. The van der Waals surface area contributed by atoms with Crippen molar-refractivity contribution in [2.75, 3.05) is 38.0 Å². The summed E-state index contributed by atoms with van der Waals surface area (Å²) in [5.74, 6) is -0.0542.